The minimum Gasteiger partial charge on any atom is -0.440 e. The lowest BCUT2D eigenvalue weighted by Crippen LogP contribution is -2.01. The van der Waals surface area contributed by atoms with Gasteiger partial charge in [0.25, 0.3) is 0 Å². The van der Waals surface area contributed by atoms with Crippen molar-refractivity contribution in [1.82, 2.24) is 9.38 Å². The van der Waals surface area contributed by atoms with Gasteiger partial charge in [0.15, 0.2) is 0 Å². The van der Waals surface area contributed by atoms with Crippen LogP contribution in [0.1, 0.15) is 5.56 Å². The summed E-state index contributed by atoms with van der Waals surface area (Å²) in [7, 11) is 0. The number of nitrogens with two attached hydrogens (primary N) is 1. The molecule has 0 aliphatic rings. The van der Waals surface area contributed by atoms with E-state index < -0.39 is 0 Å². The third-order valence-electron chi connectivity index (χ3n) is 2.89. The molecule has 0 unspecified atom stereocenters. The molecule has 0 atom stereocenters. The van der Waals surface area contributed by atoms with Crippen LogP contribution in [0.3, 0.4) is 0 Å². The van der Waals surface area contributed by atoms with Crippen molar-refractivity contribution in [2.45, 2.75) is 6.54 Å². The van der Waals surface area contributed by atoms with Crippen LogP contribution in [0.15, 0.2) is 48.8 Å². The van der Waals surface area contributed by atoms with Crippen LogP contribution < -0.4 is 10.5 Å². The summed E-state index contributed by atoms with van der Waals surface area (Å²) in [5.41, 5.74) is 7.33. The molecule has 0 aliphatic carbocycles. The van der Waals surface area contributed by atoms with Gasteiger partial charge in [-0.05, 0) is 24.3 Å². The lowest BCUT2D eigenvalue weighted by Gasteiger charge is -2.12. The molecule has 3 rings (SSSR count). The molecule has 0 radical (unpaired) electrons. The van der Waals surface area contributed by atoms with Gasteiger partial charge in [-0.25, -0.2) is 4.98 Å². The van der Waals surface area contributed by atoms with E-state index in [0.29, 0.717) is 23.2 Å². The van der Waals surface area contributed by atoms with Crippen molar-refractivity contribution < 1.29 is 4.74 Å². The Morgan fingerprint density at radius 2 is 2.05 bits per heavy atom. The Morgan fingerprint density at radius 1 is 1.21 bits per heavy atom. The first kappa shape index (κ1) is 12.0. The van der Waals surface area contributed by atoms with Gasteiger partial charge in [0.05, 0.1) is 0 Å². The van der Waals surface area contributed by atoms with Gasteiger partial charge in [0.2, 0.25) is 5.88 Å². The molecule has 19 heavy (non-hydrogen) atoms. The Balaban J connectivity index is 2.06. The molecule has 0 saturated carbocycles. The molecular weight excluding hydrogens is 262 g/mol. The number of imidazole rings is 1. The van der Waals surface area contributed by atoms with Gasteiger partial charge in [0.1, 0.15) is 11.4 Å². The lowest BCUT2D eigenvalue weighted by atomic mass is 10.2. The second kappa shape index (κ2) is 4.91. The summed E-state index contributed by atoms with van der Waals surface area (Å²) < 4.78 is 7.77. The molecular formula is C14H12ClN3O. The number of halogens is 1. The molecule has 1 aromatic carbocycles. The van der Waals surface area contributed by atoms with E-state index in [1.54, 1.807) is 12.3 Å². The van der Waals surface area contributed by atoms with E-state index in [9.17, 15) is 0 Å². The summed E-state index contributed by atoms with van der Waals surface area (Å²) in [5.74, 6) is 1.34. The van der Waals surface area contributed by atoms with Crippen LogP contribution in [0, 0.1) is 0 Å². The van der Waals surface area contributed by atoms with E-state index in [1.165, 1.54) is 0 Å². The SMILES string of the molecule is NCc1c(Cl)cccc1Oc1cccc2nccn12. The van der Waals surface area contributed by atoms with Crippen molar-refractivity contribution in [1.29, 1.82) is 0 Å². The van der Waals surface area contributed by atoms with Crippen LogP contribution in [0.25, 0.3) is 5.65 Å². The monoisotopic (exact) mass is 273 g/mol. The number of hydrogen-bond acceptors (Lipinski definition) is 3. The second-order valence-corrected chi connectivity index (χ2v) is 4.45. The van der Waals surface area contributed by atoms with Crippen LogP contribution in [0.4, 0.5) is 0 Å². The maximum atomic E-state index is 6.11. The minimum atomic E-state index is 0.328. The molecule has 0 bridgehead atoms. The largest absolute Gasteiger partial charge is 0.440 e. The molecule has 0 fully saturated rings. The predicted octanol–water partition coefficient (Wildman–Crippen LogP) is 3.24. The molecule has 96 valence electrons. The maximum absolute atomic E-state index is 6.11. The van der Waals surface area contributed by atoms with Gasteiger partial charge < -0.3 is 10.5 Å². The Hall–Kier alpha value is -2.04. The van der Waals surface area contributed by atoms with Gasteiger partial charge in [-0.2, -0.15) is 0 Å². The van der Waals surface area contributed by atoms with Gasteiger partial charge in [-0.3, -0.25) is 4.40 Å². The fourth-order valence-corrected chi connectivity index (χ4v) is 2.19. The van der Waals surface area contributed by atoms with E-state index >= 15 is 0 Å². The normalized spacial score (nSPS) is 10.8. The fourth-order valence-electron chi connectivity index (χ4n) is 1.95. The first-order chi connectivity index (χ1) is 9.29. The molecule has 2 N–H and O–H groups in total. The van der Waals surface area contributed by atoms with Crippen molar-refractivity contribution in [3.63, 3.8) is 0 Å². The number of fused-ring (bicyclic) bond motifs is 1. The summed E-state index contributed by atoms with van der Waals surface area (Å²) in [5, 5.41) is 0.609. The molecule has 0 saturated heterocycles. The first-order valence-electron chi connectivity index (χ1n) is 5.87. The molecule has 0 amide bonds. The molecule has 2 heterocycles. The van der Waals surface area contributed by atoms with Crippen molar-refractivity contribution in [2.75, 3.05) is 0 Å². The zero-order valence-corrected chi connectivity index (χ0v) is 10.8. The third-order valence-corrected chi connectivity index (χ3v) is 3.24. The van der Waals surface area contributed by atoms with E-state index in [2.05, 4.69) is 4.98 Å². The van der Waals surface area contributed by atoms with E-state index in [0.717, 1.165) is 11.2 Å². The Kier molecular flexibility index (Phi) is 3.11. The number of aromatic nitrogens is 2. The fraction of sp³-hybridized carbons (Fsp3) is 0.0714. The quantitative estimate of drug-likeness (QED) is 0.797. The van der Waals surface area contributed by atoms with E-state index in [1.807, 2.05) is 40.9 Å². The second-order valence-electron chi connectivity index (χ2n) is 4.04. The third kappa shape index (κ3) is 2.16. The summed E-state index contributed by atoms with van der Waals surface area (Å²) in [6, 6.07) is 11.2. The highest BCUT2D eigenvalue weighted by molar-refractivity contribution is 6.31. The van der Waals surface area contributed by atoms with Crippen LogP contribution in [-0.4, -0.2) is 9.38 Å². The van der Waals surface area contributed by atoms with E-state index in [4.69, 9.17) is 22.1 Å². The standard InChI is InChI=1S/C14H12ClN3O/c15-11-3-1-4-12(10(11)9-16)19-14-6-2-5-13-17-7-8-18(13)14/h1-8H,9,16H2. The molecule has 3 aromatic rings. The topological polar surface area (TPSA) is 52.5 Å². The molecule has 2 aromatic heterocycles. The van der Waals surface area contributed by atoms with Crippen LogP contribution in [0.5, 0.6) is 11.6 Å². The number of ether oxygens (including phenoxy) is 1. The van der Waals surface area contributed by atoms with Crippen molar-refractivity contribution in [2.24, 2.45) is 5.73 Å². The molecule has 4 nitrogen and oxygen atoms in total. The van der Waals surface area contributed by atoms with Gasteiger partial charge in [0, 0.05) is 29.5 Å². The Morgan fingerprint density at radius 3 is 2.89 bits per heavy atom. The van der Waals surface area contributed by atoms with Gasteiger partial charge in [-0.1, -0.05) is 23.7 Å². The average Bonchev–Trinajstić information content (AvgIpc) is 2.88. The van der Waals surface area contributed by atoms with Gasteiger partial charge >= 0.3 is 0 Å². The smallest absolute Gasteiger partial charge is 0.205 e. The number of rotatable bonds is 3. The zero-order valence-electron chi connectivity index (χ0n) is 10.1. The summed E-state index contributed by atoms with van der Waals surface area (Å²) >= 11 is 6.11. The maximum Gasteiger partial charge on any atom is 0.205 e. The molecule has 0 spiro atoms. The summed E-state index contributed by atoms with van der Waals surface area (Å²) in [6.45, 7) is 0.328. The number of nitrogens with zero attached hydrogens (tertiary/aromatic N) is 2. The minimum absolute atomic E-state index is 0.328. The highest BCUT2D eigenvalue weighted by Gasteiger charge is 2.09. The van der Waals surface area contributed by atoms with Crippen molar-refractivity contribution >= 4 is 17.2 Å². The Bertz CT molecular complexity index is 724. The first-order valence-corrected chi connectivity index (χ1v) is 6.25. The van der Waals surface area contributed by atoms with Crippen LogP contribution in [-0.2, 0) is 6.54 Å². The van der Waals surface area contributed by atoms with Crippen molar-refractivity contribution in [3.05, 3.63) is 59.4 Å². The Labute approximate surface area is 115 Å². The van der Waals surface area contributed by atoms with Crippen LogP contribution >= 0.6 is 11.6 Å². The van der Waals surface area contributed by atoms with E-state index in [-0.39, 0.29) is 0 Å². The van der Waals surface area contributed by atoms with Crippen molar-refractivity contribution in [3.8, 4) is 11.6 Å². The number of benzene rings is 1. The highest BCUT2D eigenvalue weighted by atomic mass is 35.5. The van der Waals surface area contributed by atoms with Crippen LogP contribution in [0.2, 0.25) is 5.02 Å². The highest BCUT2D eigenvalue weighted by Crippen LogP contribution is 2.30. The summed E-state index contributed by atoms with van der Waals surface area (Å²) in [4.78, 5) is 4.21. The zero-order chi connectivity index (χ0) is 13.2. The average molecular weight is 274 g/mol. The lowest BCUT2D eigenvalue weighted by molar-refractivity contribution is 0.451. The molecule has 0 aliphatic heterocycles. The van der Waals surface area contributed by atoms with Gasteiger partial charge in [-0.15, -0.1) is 0 Å². The number of hydrogen-bond donors (Lipinski definition) is 1. The number of pyridine rings is 1. The molecule has 5 heteroatoms. The summed E-state index contributed by atoms with van der Waals surface area (Å²) in [6.07, 6.45) is 3.57. The predicted molar refractivity (Wildman–Crippen MR) is 74.6 cm³/mol.